The van der Waals surface area contributed by atoms with Crippen LogP contribution in [-0.2, 0) is 16.4 Å². The number of ether oxygens (including phenoxy) is 3. The van der Waals surface area contributed by atoms with Gasteiger partial charge in [-0.3, -0.25) is 4.72 Å². The predicted molar refractivity (Wildman–Crippen MR) is 103 cm³/mol. The Bertz CT molecular complexity index is 910. The van der Waals surface area contributed by atoms with Gasteiger partial charge in [-0.2, -0.15) is 0 Å². The average molecular weight is 392 g/mol. The third kappa shape index (κ3) is 3.96. The summed E-state index contributed by atoms with van der Waals surface area (Å²) in [6.07, 6.45) is 0.712. The van der Waals surface area contributed by atoms with E-state index in [4.69, 9.17) is 14.2 Å². The SMILES string of the molecule is COc1ccc(S(=O)(=O)Nc2ccc(OC)c3c2OC[C@H](N(C)C)C3)cc1. The maximum Gasteiger partial charge on any atom is 0.262 e. The van der Waals surface area contributed by atoms with Gasteiger partial charge in [-0.15, -0.1) is 0 Å². The highest BCUT2D eigenvalue weighted by Gasteiger charge is 2.28. The highest BCUT2D eigenvalue weighted by Crippen LogP contribution is 2.40. The number of hydrogen-bond acceptors (Lipinski definition) is 6. The topological polar surface area (TPSA) is 77.1 Å². The number of anilines is 1. The first-order chi connectivity index (χ1) is 12.9. The molecule has 1 atom stereocenters. The molecule has 2 aromatic rings. The van der Waals surface area contributed by atoms with E-state index in [0.29, 0.717) is 36.0 Å². The summed E-state index contributed by atoms with van der Waals surface area (Å²) in [5, 5.41) is 0. The summed E-state index contributed by atoms with van der Waals surface area (Å²) in [6.45, 7) is 0.477. The number of sulfonamides is 1. The molecule has 7 nitrogen and oxygen atoms in total. The summed E-state index contributed by atoms with van der Waals surface area (Å²) >= 11 is 0. The summed E-state index contributed by atoms with van der Waals surface area (Å²) in [5.74, 6) is 1.79. The second kappa shape index (κ2) is 7.66. The van der Waals surface area contributed by atoms with Crippen molar-refractivity contribution in [3.05, 3.63) is 42.0 Å². The van der Waals surface area contributed by atoms with Gasteiger partial charge in [0, 0.05) is 11.6 Å². The Balaban J connectivity index is 1.94. The molecule has 27 heavy (non-hydrogen) atoms. The molecule has 0 bridgehead atoms. The van der Waals surface area contributed by atoms with Crippen molar-refractivity contribution in [2.45, 2.75) is 17.4 Å². The van der Waals surface area contributed by atoms with E-state index in [1.54, 1.807) is 31.4 Å². The third-order valence-electron chi connectivity index (χ3n) is 4.64. The van der Waals surface area contributed by atoms with Crippen LogP contribution in [0.15, 0.2) is 41.3 Å². The lowest BCUT2D eigenvalue weighted by Gasteiger charge is -2.32. The van der Waals surface area contributed by atoms with E-state index in [2.05, 4.69) is 9.62 Å². The molecular formula is C19H24N2O5S. The van der Waals surface area contributed by atoms with Gasteiger partial charge in [0.15, 0.2) is 0 Å². The summed E-state index contributed by atoms with van der Waals surface area (Å²) in [4.78, 5) is 2.23. The Morgan fingerprint density at radius 2 is 1.78 bits per heavy atom. The Morgan fingerprint density at radius 3 is 2.37 bits per heavy atom. The van der Waals surface area contributed by atoms with E-state index in [0.717, 1.165) is 5.56 Å². The van der Waals surface area contributed by atoms with Crippen molar-refractivity contribution in [1.82, 2.24) is 4.90 Å². The number of rotatable bonds is 6. The minimum atomic E-state index is -3.76. The fourth-order valence-electron chi connectivity index (χ4n) is 3.00. The van der Waals surface area contributed by atoms with E-state index in [-0.39, 0.29) is 10.9 Å². The van der Waals surface area contributed by atoms with Crippen LogP contribution in [0.1, 0.15) is 5.56 Å². The Morgan fingerprint density at radius 1 is 1.07 bits per heavy atom. The standard InChI is InChI=1S/C19H24N2O5S/c1-21(2)13-11-16-18(25-4)10-9-17(19(16)26-12-13)20-27(22,23)15-7-5-14(24-3)6-8-15/h5-10,13,20H,11-12H2,1-4H3/t13-/m1/s1. The molecule has 1 N–H and O–H groups in total. The van der Waals surface area contributed by atoms with E-state index < -0.39 is 10.0 Å². The molecule has 3 rings (SSSR count). The van der Waals surface area contributed by atoms with Crippen LogP contribution in [0.25, 0.3) is 0 Å². The molecule has 1 aliphatic rings. The number of nitrogens with one attached hydrogen (secondary N) is 1. The lowest BCUT2D eigenvalue weighted by Crippen LogP contribution is -2.38. The van der Waals surface area contributed by atoms with Crippen molar-refractivity contribution < 1.29 is 22.6 Å². The molecule has 0 spiro atoms. The van der Waals surface area contributed by atoms with E-state index >= 15 is 0 Å². The maximum atomic E-state index is 12.8. The summed E-state index contributed by atoms with van der Waals surface area (Å²) < 4.78 is 44.6. The molecule has 0 saturated heterocycles. The number of fused-ring (bicyclic) bond motifs is 1. The molecular weight excluding hydrogens is 368 g/mol. The number of likely N-dealkylation sites (N-methyl/N-ethyl adjacent to an activating group) is 1. The molecule has 0 fully saturated rings. The predicted octanol–water partition coefficient (Wildman–Crippen LogP) is 2.37. The van der Waals surface area contributed by atoms with Crippen molar-refractivity contribution in [2.24, 2.45) is 0 Å². The maximum absolute atomic E-state index is 12.8. The first-order valence-corrected chi connectivity index (χ1v) is 10.00. The van der Waals surface area contributed by atoms with E-state index in [1.807, 2.05) is 14.1 Å². The molecule has 0 aliphatic carbocycles. The zero-order chi connectivity index (χ0) is 19.6. The molecule has 0 radical (unpaired) electrons. The van der Waals surface area contributed by atoms with Crippen LogP contribution in [0.4, 0.5) is 5.69 Å². The molecule has 1 heterocycles. The van der Waals surface area contributed by atoms with Crippen molar-refractivity contribution in [3.8, 4) is 17.2 Å². The van der Waals surface area contributed by atoms with Gasteiger partial charge in [-0.1, -0.05) is 0 Å². The van der Waals surface area contributed by atoms with E-state index in [1.165, 1.54) is 19.2 Å². The minimum absolute atomic E-state index is 0.148. The molecule has 2 aromatic carbocycles. The number of nitrogens with zero attached hydrogens (tertiary/aromatic N) is 1. The van der Waals surface area contributed by atoms with Crippen LogP contribution < -0.4 is 18.9 Å². The molecule has 0 aromatic heterocycles. The lowest BCUT2D eigenvalue weighted by atomic mass is 10.00. The molecule has 1 aliphatic heterocycles. The second-order valence-corrected chi connectivity index (χ2v) is 8.22. The largest absolute Gasteiger partial charge is 0.497 e. The summed E-state index contributed by atoms with van der Waals surface area (Å²) in [7, 11) is 3.34. The summed E-state index contributed by atoms with van der Waals surface area (Å²) in [6, 6.07) is 9.83. The highest BCUT2D eigenvalue weighted by molar-refractivity contribution is 7.92. The van der Waals surface area contributed by atoms with Gasteiger partial charge in [-0.25, -0.2) is 8.42 Å². The van der Waals surface area contributed by atoms with Gasteiger partial charge in [0.05, 0.1) is 24.8 Å². The van der Waals surface area contributed by atoms with Crippen molar-refractivity contribution in [2.75, 3.05) is 39.6 Å². The van der Waals surface area contributed by atoms with Gasteiger partial charge >= 0.3 is 0 Å². The molecule has 0 saturated carbocycles. The number of benzene rings is 2. The summed E-state index contributed by atoms with van der Waals surface area (Å²) in [5.41, 5.74) is 1.26. The molecule has 0 unspecified atom stereocenters. The lowest BCUT2D eigenvalue weighted by molar-refractivity contribution is 0.164. The van der Waals surface area contributed by atoms with Gasteiger partial charge in [0.2, 0.25) is 0 Å². The smallest absolute Gasteiger partial charge is 0.262 e. The fraction of sp³-hybridized carbons (Fsp3) is 0.368. The van der Waals surface area contributed by atoms with Crippen LogP contribution in [0.5, 0.6) is 17.2 Å². The van der Waals surface area contributed by atoms with Gasteiger partial charge in [0.1, 0.15) is 23.9 Å². The monoisotopic (exact) mass is 392 g/mol. The zero-order valence-corrected chi connectivity index (χ0v) is 16.7. The molecule has 8 heteroatoms. The Kier molecular flexibility index (Phi) is 5.48. The van der Waals surface area contributed by atoms with Crippen LogP contribution in [0, 0.1) is 0 Å². The van der Waals surface area contributed by atoms with E-state index in [9.17, 15) is 8.42 Å². The van der Waals surface area contributed by atoms with Gasteiger partial charge in [0.25, 0.3) is 10.0 Å². The number of hydrogen-bond donors (Lipinski definition) is 1. The quantitative estimate of drug-likeness (QED) is 0.813. The minimum Gasteiger partial charge on any atom is -0.497 e. The average Bonchev–Trinajstić information content (AvgIpc) is 2.67. The normalized spacial score (nSPS) is 16.4. The van der Waals surface area contributed by atoms with Crippen LogP contribution in [0.2, 0.25) is 0 Å². The third-order valence-corrected chi connectivity index (χ3v) is 6.02. The highest BCUT2D eigenvalue weighted by atomic mass is 32.2. The van der Waals surface area contributed by atoms with Gasteiger partial charge in [-0.05, 0) is 56.9 Å². The van der Waals surface area contributed by atoms with Crippen molar-refractivity contribution >= 4 is 15.7 Å². The van der Waals surface area contributed by atoms with Crippen molar-refractivity contribution in [3.63, 3.8) is 0 Å². The molecule has 146 valence electrons. The Labute approximate surface area is 159 Å². The van der Waals surface area contributed by atoms with Crippen molar-refractivity contribution in [1.29, 1.82) is 0 Å². The van der Waals surface area contributed by atoms with Crippen LogP contribution in [0.3, 0.4) is 0 Å². The number of methoxy groups -OCH3 is 2. The first-order valence-electron chi connectivity index (χ1n) is 8.51. The fourth-order valence-corrected chi connectivity index (χ4v) is 4.07. The Hall–Kier alpha value is -2.45. The van der Waals surface area contributed by atoms with Crippen LogP contribution in [-0.4, -0.2) is 54.3 Å². The van der Waals surface area contributed by atoms with Gasteiger partial charge < -0.3 is 19.1 Å². The molecule has 0 amide bonds. The second-order valence-electron chi connectivity index (χ2n) is 6.54. The first kappa shape index (κ1) is 19.3. The van der Waals surface area contributed by atoms with Crippen LogP contribution >= 0.6 is 0 Å². The zero-order valence-electron chi connectivity index (χ0n) is 15.9.